The van der Waals surface area contributed by atoms with Crippen LogP contribution in [0.15, 0.2) is 41.6 Å². The van der Waals surface area contributed by atoms with Gasteiger partial charge in [0.05, 0.1) is 31.6 Å². The zero-order chi connectivity index (χ0) is 22.5. The van der Waals surface area contributed by atoms with Gasteiger partial charge in [-0.3, -0.25) is 9.89 Å². The molecule has 0 radical (unpaired) electrons. The number of rotatable bonds is 8. The predicted molar refractivity (Wildman–Crippen MR) is 125 cm³/mol. The highest BCUT2D eigenvalue weighted by Gasteiger charge is 2.16. The number of aryl methyl sites for hydroxylation is 2. The van der Waals surface area contributed by atoms with E-state index in [1.807, 2.05) is 19.1 Å². The molecule has 1 unspecified atom stereocenters. The molecule has 4 rings (SSSR count). The van der Waals surface area contributed by atoms with Crippen LogP contribution in [0.2, 0.25) is 0 Å². The molecule has 1 aromatic heterocycles. The van der Waals surface area contributed by atoms with Crippen LogP contribution < -0.4 is 14.8 Å². The fourth-order valence-electron chi connectivity index (χ4n) is 3.94. The number of aromatic nitrogens is 3. The van der Waals surface area contributed by atoms with Gasteiger partial charge in [0.15, 0.2) is 5.82 Å². The minimum absolute atomic E-state index is 0.0402. The van der Waals surface area contributed by atoms with Gasteiger partial charge in [-0.25, -0.2) is 4.98 Å². The molecule has 7 nitrogen and oxygen atoms in total. The lowest BCUT2D eigenvalue weighted by atomic mass is 9.89. The van der Waals surface area contributed by atoms with E-state index in [4.69, 9.17) is 9.47 Å². The van der Waals surface area contributed by atoms with Crippen LogP contribution in [0.4, 0.5) is 0 Å². The number of hydrogen-bond donors (Lipinski definition) is 2. The smallest absolute Gasteiger partial charge is 0.230 e. The molecule has 3 aromatic rings. The van der Waals surface area contributed by atoms with Crippen molar-refractivity contribution in [1.82, 2.24) is 20.5 Å². The molecule has 1 amide bonds. The molecule has 0 saturated heterocycles. The van der Waals surface area contributed by atoms with E-state index in [0.717, 1.165) is 24.0 Å². The molecule has 32 heavy (non-hydrogen) atoms. The topological polar surface area (TPSA) is 89.1 Å². The molecule has 1 aliphatic rings. The number of carbonyl (C=O) groups excluding carboxylic acids is 1. The average Bonchev–Trinajstić information content (AvgIpc) is 3.30. The second kappa shape index (κ2) is 10.1. The summed E-state index contributed by atoms with van der Waals surface area (Å²) in [6.07, 6.45) is 4.80. The third kappa shape index (κ3) is 5.07. The first-order chi connectivity index (χ1) is 15.6. The zero-order valence-electron chi connectivity index (χ0n) is 18.6. The Morgan fingerprint density at radius 3 is 2.72 bits per heavy atom. The highest BCUT2D eigenvalue weighted by atomic mass is 32.2. The largest absolute Gasteiger partial charge is 0.497 e. The number of hydrogen-bond acceptors (Lipinski definition) is 6. The number of ether oxygens (including phenoxy) is 2. The lowest BCUT2D eigenvalue weighted by Gasteiger charge is -2.20. The number of nitrogens with one attached hydrogen (secondary N) is 2. The Morgan fingerprint density at radius 2 is 1.94 bits per heavy atom. The van der Waals surface area contributed by atoms with Crippen molar-refractivity contribution in [1.29, 1.82) is 0 Å². The molecule has 0 spiro atoms. The number of benzene rings is 2. The number of amides is 1. The lowest BCUT2D eigenvalue weighted by Crippen LogP contribution is -2.28. The van der Waals surface area contributed by atoms with E-state index in [1.54, 1.807) is 20.3 Å². The number of methoxy groups -OCH3 is 2. The summed E-state index contributed by atoms with van der Waals surface area (Å²) in [4.78, 5) is 17.0. The van der Waals surface area contributed by atoms with Gasteiger partial charge < -0.3 is 14.8 Å². The summed E-state index contributed by atoms with van der Waals surface area (Å²) >= 11 is 1.29. The molecular weight excluding hydrogens is 424 g/mol. The van der Waals surface area contributed by atoms with Crippen LogP contribution in [-0.4, -0.2) is 41.1 Å². The fraction of sp³-hybridized carbons (Fsp3) is 0.375. The SMILES string of the molecule is COc1ccc(-c2nc(SCC(=O)NC(C)c3ccc4c(c3)CCCC4)n[nH]2)c(OC)c1. The molecule has 8 heteroatoms. The maximum Gasteiger partial charge on any atom is 0.230 e. The van der Waals surface area contributed by atoms with Gasteiger partial charge in [0.1, 0.15) is 11.5 Å². The molecule has 1 atom stereocenters. The molecular formula is C24H28N4O3S. The summed E-state index contributed by atoms with van der Waals surface area (Å²) in [6.45, 7) is 2.02. The van der Waals surface area contributed by atoms with Crippen molar-refractivity contribution in [2.24, 2.45) is 0 Å². The van der Waals surface area contributed by atoms with Crippen LogP contribution in [0.1, 0.15) is 42.5 Å². The van der Waals surface area contributed by atoms with Gasteiger partial charge in [-0.15, -0.1) is 5.10 Å². The van der Waals surface area contributed by atoms with Gasteiger partial charge in [0.2, 0.25) is 11.1 Å². The third-order valence-electron chi connectivity index (χ3n) is 5.71. The summed E-state index contributed by atoms with van der Waals surface area (Å²) in [6, 6.07) is 12.0. The number of aromatic amines is 1. The maximum atomic E-state index is 12.5. The summed E-state index contributed by atoms with van der Waals surface area (Å²) < 4.78 is 10.7. The van der Waals surface area contributed by atoms with E-state index in [0.29, 0.717) is 22.5 Å². The molecule has 1 heterocycles. The molecule has 2 aromatic carbocycles. The summed E-state index contributed by atoms with van der Waals surface area (Å²) in [5.74, 6) is 2.10. The third-order valence-corrected chi connectivity index (χ3v) is 6.56. The molecule has 0 saturated carbocycles. The Bertz CT molecular complexity index is 1100. The minimum Gasteiger partial charge on any atom is -0.497 e. The Morgan fingerprint density at radius 1 is 1.12 bits per heavy atom. The Balaban J connectivity index is 1.34. The highest BCUT2D eigenvalue weighted by Crippen LogP contribution is 2.32. The molecule has 2 N–H and O–H groups in total. The van der Waals surface area contributed by atoms with Crippen molar-refractivity contribution in [2.45, 2.75) is 43.8 Å². The zero-order valence-corrected chi connectivity index (χ0v) is 19.4. The van der Waals surface area contributed by atoms with E-state index in [9.17, 15) is 4.79 Å². The van der Waals surface area contributed by atoms with Gasteiger partial charge in [-0.05, 0) is 61.4 Å². The van der Waals surface area contributed by atoms with Gasteiger partial charge in [0.25, 0.3) is 0 Å². The van der Waals surface area contributed by atoms with Crippen molar-refractivity contribution in [3.05, 3.63) is 53.1 Å². The standard InChI is InChI=1S/C24H28N4O3S/c1-15(17-9-8-16-6-4-5-7-18(16)12-17)25-22(29)14-32-24-26-23(27-28-24)20-11-10-19(30-2)13-21(20)31-3/h8-13,15H,4-7,14H2,1-3H3,(H,25,29)(H,26,27,28). The van der Waals surface area contributed by atoms with Crippen molar-refractivity contribution in [3.8, 4) is 22.9 Å². The summed E-state index contributed by atoms with van der Waals surface area (Å²) in [7, 11) is 3.20. The Kier molecular flexibility index (Phi) is 6.99. The summed E-state index contributed by atoms with van der Waals surface area (Å²) in [5.41, 5.74) is 4.79. The monoisotopic (exact) mass is 452 g/mol. The van der Waals surface area contributed by atoms with Crippen molar-refractivity contribution >= 4 is 17.7 Å². The lowest BCUT2D eigenvalue weighted by molar-refractivity contribution is -0.119. The van der Waals surface area contributed by atoms with Crippen molar-refractivity contribution < 1.29 is 14.3 Å². The first kappa shape index (κ1) is 22.2. The van der Waals surface area contributed by atoms with E-state index in [-0.39, 0.29) is 17.7 Å². The van der Waals surface area contributed by atoms with E-state index in [2.05, 4.69) is 38.7 Å². The van der Waals surface area contributed by atoms with Crippen LogP contribution in [0.25, 0.3) is 11.4 Å². The van der Waals surface area contributed by atoms with E-state index >= 15 is 0 Å². The minimum atomic E-state index is -0.0476. The van der Waals surface area contributed by atoms with E-state index < -0.39 is 0 Å². The quantitative estimate of drug-likeness (QED) is 0.494. The van der Waals surface area contributed by atoms with Crippen molar-refractivity contribution in [2.75, 3.05) is 20.0 Å². The van der Waals surface area contributed by atoms with Crippen LogP contribution in [-0.2, 0) is 17.6 Å². The van der Waals surface area contributed by atoms with Gasteiger partial charge in [-0.2, -0.15) is 0 Å². The number of nitrogens with zero attached hydrogens (tertiary/aromatic N) is 2. The molecule has 0 aliphatic heterocycles. The summed E-state index contributed by atoms with van der Waals surface area (Å²) in [5, 5.41) is 10.7. The first-order valence-electron chi connectivity index (χ1n) is 10.8. The number of thioether (sulfide) groups is 1. The van der Waals surface area contributed by atoms with Crippen LogP contribution in [0, 0.1) is 0 Å². The normalized spacial score (nSPS) is 13.8. The van der Waals surface area contributed by atoms with Gasteiger partial charge in [-0.1, -0.05) is 30.0 Å². The first-order valence-corrected chi connectivity index (χ1v) is 11.7. The second-order valence-electron chi connectivity index (χ2n) is 7.85. The second-order valence-corrected chi connectivity index (χ2v) is 8.79. The Hall–Kier alpha value is -3.00. The van der Waals surface area contributed by atoms with Gasteiger partial charge >= 0.3 is 0 Å². The maximum absolute atomic E-state index is 12.5. The number of fused-ring (bicyclic) bond motifs is 1. The molecule has 168 valence electrons. The fourth-order valence-corrected chi connectivity index (χ4v) is 4.55. The van der Waals surface area contributed by atoms with Crippen LogP contribution in [0.5, 0.6) is 11.5 Å². The molecule has 1 aliphatic carbocycles. The Labute approximate surface area is 192 Å². The predicted octanol–water partition coefficient (Wildman–Crippen LogP) is 4.34. The van der Waals surface area contributed by atoms with Crippen LogP contribution in [0.3, 0.4) is 0 Å². The number of H-pyrrole nitrogens is 1. The highest BCUT2D eigenvalue weighted by molar-refractivity contribution is 7.99. The van der Waals surface area contributed by atoms with Crippen LogP contribution >= 0.6 is 11.8 Å². The van der Waals surface area contributed by atoms with E-state index in [1.165, 1.54) is 35.7 Å². The molecule has 0 bridgehead atoms. The average molecular weight is 453 g/mol. The molecule has 0 fully saturated rings. The van der Waals surface area contributed by atoms with Gasteiger partial charge in [0, 0.05) is 6.07 Å². The van der Waals surface area contributed by atoms with Crippen molar-refractivity contribution in [3.63, 3.8) is 0 Å². The number of carbonyl (C=O) groups is 1.